The first kappa shape index (κ1) is 10.3. The van der Waals surface area contributed by atoms with Gasteiger partial charge in [-0.05, 0) is 19.4 Å². The van der Waals surface area contributed by atoms with Crippen molar-refractivity contribution >= 4 is 0 Å². The van der Waals surface area contributed by atoms with Gasteiger partial charge < -0.3 is 9.88 Å². The van der Waals surface area contributed by atoms with Gasteiger partial charge in [0.1, 0.15) is 0 Å². The predicted octanol–water partition coefficient (Wildman–Crippen LogP) is 1.30. The lowest BCUT2D eigenvalue weighted by Crippen LogP contribution is -2.16. The van der Waals surface area contributed by atoms with Crippen molar-refractivity contribution in [3.8, 4) is 0 Å². The van der Waals surface area contributed by atoms with E-state index in [4.69, 9.17) is 0 Å². The molecule has 0 spiro atoms. The predicted molar refractivity (Wildman–Crippen MR) is 54.7 cm³/mol. The molecule has 0 aliphatic rings. The molecule has 0 unspecified atom stereocenters. The molecule has 0 radical (unpaired) electrons. The minimum atomic E-state index is 0.699. The highest BCUT2D eigenvalue weighted by atomic mass is 15.1. The van der Waals surface area contributed by atoms with Gasteiger partial charge in [-0.15, -0.1) is 0 Å². The highest BCUT2D eigenvalue weighted by Gasteiger charge is 2.03. The van der Waals surface area contributed by atoms with Crippen molar-refractivity contribution in [3.05, 3.63) is 18.2 Å². The molecule has 0 aromatic carbocycles. The Morgan fingerprint density at radius 1 is 1.54 bits per heavy atom. The molecule has 0 bridgehead atoms. The fraction of sp³-hybridized carbons (Fsp3) is 0.700. The van der Waals surface area contributed by atoms with Crippen LogP contribution in [-0.2, 0) is 13.0 Å². The van der Waals surface area contributed by atoms with E-state index in [0.29, 0.717) is 5.92 Å². The summed E-state index contributed by atoms with van der Waals surface area (Å²) >= 11 is 0. The molecule has 1 rings (SSSR count). The van der Waals surface area contributed by atoms with Crippen LogP contribution in [0.1, 0.15) is 19.5 Å². The van der Waals surface area contributed by atoms with E-state index in [2.05, 4.69) is 28.7 Å². The summed E-state index contributed by atoms with van der Waals surface area (Å²) in [5, 5.41) is 3.14. The van der Waals surface area contributed by atoms with Crippen LogP contribution < -0.4 is 5.32 Å². The zero-order chi connectivity index (χ0) is 9.68. The first-order chi connectivity index (χ1) is 6.24. The Hall–Kier alpha value is -0.830. The highest BCUT2D eigenvalue weighted by Crippen LogP contribution is 2.06. The van der Waals surface area contributed by atoms with E-state index >= 15 is 0 Å². The number of imidazole rings is 1. The summed E-state index contributed by atoms with van der Waals surface area (Å²) in [5.74, 6) is 0.699. The zero-order valence-electron chi connectivity index (χ0n) is 8.75. The van der Waals surface area contributed by atoms with Crippen LogP contribution in [-0.4, -0.2) is 23.1 Å². The molecule has 0 amide bonds. The van der Waals surface area contributed by atoms with Crippen molar-refractivity contribution in [2.75, 3.05) is 13.6 Å². The molecular formula is C10H19N3. The molecular weight excluding hydrogens is 162 g/mol. The van der Waals surface area contributed by atoms with Gasteiger partial charge in [0.05, 0.1) is 6.33 Å². The molecule has 3 nitrogen and oxygen atoms in total. The van der Waals surface area contributed by atoms with E-state index in [1.165, 1.54) is 5.69 Å². The molecule has 0 saturated carbocycles. The lowest BCUT2D eigenvalue weighted by molar-refractivity contribution is 0.572. The van der Waals surface area contributed by atoms with Gasteiger partial charge in [0.2, 0.25) is 0 Å². The number of nitrogens with zero attached hydrogens (tertiary/aromatic N) is 2. The van der Waals surface area contributed by atoms with Gasteiger partial charge in [-0.1, -0.05) is 13.8 Å². The monoisotopic (exact) mass is 181 g/mol. The van der Waals surface area contributed by atoms with Crippen LogP contribution >= 0.6 is 0 Å². The largest absolute Gasteiger partial charge is 0.333 e. The summed E-state index contributed by atoms with van der Waals surface area (Å²) in [6.07, 6.45) is 4.99. The molecule has 1 aromatic heterocycles. The van der Waals surface area contributed by atoms with Gasteiger partial charge in [-0.3, -0.25) is 0 Å². The lowest BCUT2D eigenvalue weighted by Gasteiger charge is -2.09. The van der Waals surface area contributed by atoms with Gasteiger partial charge in [0.15, 0.2) is 0 Å². The van der Waals surface area contributed by atoms with Gasteiger partial charge in [0.25, 0.3) is 0 Å². The maximum absolute atomic E-state index is 4.16. The van der Waals surface area contributed by atoms with Gasteiger partial charge in [-0.2, -0.15) is 0 Å². The van der Waals surface area contributed by atoms with E-state index in [1.807, 2.05) is 19.6 Å². The van der Waals surface area contributed by atoms with E-state index in [1.54, 1.807) is 0 Å². The summed E-state index contributed by atoms with van der Waals surface area (Å²) < 4.78 is 2.22. The van der Waals surface area contributed by atoms with Crippen molar-refractivity contribution in [3.63, 3.8) is 0 Å². The van der Waals surface area contributed by atoms with E-state index in [-0.39, 0.29) is 0 Å². The molecule has 1 N–H and O–H groups in total. The van der Waals surface area contributed by atoms with Crippen LogP contribution in [0.4, 0.5) is 0 Å². The quantitative estimate of drug-likeness (QED) is 0.742. The lowest BCUT2D eigenvalue weighted by atomic mass is 10.1. The molecule has 0 aliphatic heterocycles. The molecule has 1 heterocycles. The maximum atomic E-state index is 4.16. The third kappa shape index (κ3) is 3.19. The summed E-state index contributed by atoms with van der Waals surface area (Å²) in [4.78, 5) is 4.16. The van der Waals surface area contributed by atoms with Crippen LogP contribution in [0.25, 0.3) is 0 Å². The van der Waals surface area contributed by atoms with Gasteiger partial charge in [0, 0.05) is 25.0 Å². The second-order valence-electron chi connectivity index (χ2n) is 3.78. The SMILES string of the molecule is CNCCn1cncc1CC(C)C. The first-order valence-electron chi connectivity index (χ1n) is 4.87. The normalized spacial score (nSPS) is 11.1. The standard InChI is InChI=1S/C10H19N3/c1-9(2)6-10-7-12-8-13(10)5-4-11-3/h7-9,11H,4-6H2,1-3H3. The van der Waals surface area contributed by atoms with Crippen LogP contribution in [0.15, 0.2) is 12.5 Å². The number of rotatable bonds is 5. The average molecular weight is 181 g/mol. The van der Waals surface area contributed by atoms with Crippen molar-refractivity contribution in [1.29, 1.82) is 0 Å². The van der Waals surface area contributed by atoms with Crippen LogP contribution in [0.3, 0.4) is 0 Å². The Kier molecular flexibility index (Phi) is 3.96. The van der Waals surface area contributed by atoms with Crippen LogP contribution in [0.5, 0.6) is 0 Å². The molecule has 0 saturated heterocycles. The number of nitrogens with one attached hydrogen (secondary N) is 1. The third-order valence-electron chi connectivity index (χ3n) is 2.02. The second-order valence-corrected chi connectivity index (χ2v) is 3.78. The molecule has 0 atom stereocenters. The Morgan fingerprint density at radius 3 is 2.92 bits per heavy atom. The van der Waals surface area contributed by atoms with Crippen molar-refractivity contribution < 1.29 is 0 Å². The van der Waals surface area contributed by atoms with Crippen molar-refractivity contribution in [2.45, 2.75) is 26.8 Å². The average Bonchev–Trinajstić information content (AvgIpc) is 2.48. The Morgan fingerprint density at radius 2 is 2.31 bits per heavy atom. The summed E-state index contributed by atoms with van der Waals surface area (Å²) in [7, 11) is 1.97. The minimum absolute atomic E-state index is 0.699. The Labute approximate surface area is 80.2 Å². The summed E-state index contributed by atoms with van der Waals surface area (Å²) in [6.45, 7) is 6.48. The Bertz CT molecular complexity index is 240. The zero-order valence-corrected chi connectivity index (χ0v) is 8.75. The molecule has 0 aliphatic carbocycles. The number of hydrogen-bond donors (Lipinski definition) is 1. The van der Waals surface area contributed by atoms with E-state index in [0.717, 1.165) is 19.5 Å². The fourth-order valence-electron chi connectivity index (χ4n) is 1.37. The molecule has 74 valence electrons. The van der Waals surface area contributed by atoms with Gasteiger partial charge in [-0.25, -0.2) is 4.98 Å². The van der Waals surface area contributed by atoms with Crippen LogP contribution in [0, 0.1) is 5.92 Å². The molecule has 0 fully saturated rings. The molecule has 3 heteroatoms. The second kappa shape index (κ2) is 5.02. The third-order valence-corrected chi connectivity index (χ3v) is 2.02. The fourth-order valence-corrected chi connectivity index (χ4v) is 1.37. The number of aromatic nitrogens is 2. The van der Waals surface area contributed by atoms with Crippen LogP contribution in [0.2, 0.25) is 0 Å². The number of hydrogen-bond acceptors (Lipinski definition) is 2. The number of likely N-dealkylation sites (N-methyl/N-ethyl adjacent to an activating group) is 1. The van der Waals surface area contributed by atoms with E-state index in [9.17, 15) is 0 Å². The van der Waals surface area contributed by atoms with Crippen molar-refractivity contribution in [2.24, 2.45) is 5.92 Å². The molecule has 13 heavy (non-hydrogen) atoms. The Balaban J connectivity index is 2.55. The first-order valence-corrected chi connectivity index (χ1v) is 4.87. The van der Waals surface area contributed by atoms with Gasteiger partial charge >= 0.3 is 0 Å². The van der Waals surface area contributed by atoms with Crippen molar-refractivity contribution in [1.82, 2.24) is 14.9 Å². The van der Waals surface area contributed by atoms with E-state index < -0.39 is 0 Å². The minimum Gasteiger partial charge on any atom is -0.333 e. The summed E-state index contributed by atoms with van der Waals surface area (Å²) in [6, 6.07) is 0. The smallest absolute Gasteiger partial charge is 0.0948 e. The summed E-state index contributed by atoms with van der Waals surface area (Å²) in [5.41, 5.74) is 1.34. The molecule has 1 aromatic rings. The topological polar surface area (TPSA) is 29.9 Å². The maximum Gasteiger partial charge on any atom is 0.0948 e. The highest BCUT2D eigenvalue weighted by molar-refractivity contribution is 4.99.